The fourth-order valence-electron chi connectivity index (χ4n) is 2.97. The maximum Gasteiger partial charge on any atom is 0.231 e. The Kier molecular flexibility index (Phi) is 5.07. The fraction of sp³-hybridized carbons (Fsp3) is 0.0870. The van der Waals surface area contributed by atoms with Gasteiger partial charge in [0.1, 0.15) is 5.52 Å². The van der Waals surface area contributed by atoms with Gasteiger partial charge in [-0.2, -0.15) is 0 Å². The van der Waals surface area contributed by atoms with Gasteiger partial charge in [-0.15, -0.1) is 0 Å². The van der Waals surface area contributed by atoms with Crippen molar-refractivity contribution < 1.29 is 18.7 Å². The molecule has 0 saturated heterocycles. The highest BCUT2D eigenvalue weighted by molar-refractivity contribution is 6.31. The Hall–Kier alpha value is -3.93. The molecule has 6 heteroatoms. The van der Waals surface area contributed by atoms with Crippen LogP contribution in [-0.4, -0.2) is 30.0 Å². The van der Waals surface area contributed by atoms with E-state index < -0.39 is 0 Å². The molecule has 0 unspecified atom stereocenters. The lowest BCUT2D eigenvalue weighted by atomic mass is 10.0. The Balaban J connectivity index is 1.86. The molecule has 2 aromatic carbocycles. The molecule has 0 N–H and O–H groups in total. The molecule has 0 radical (unpaired) electrons. The molecule has 0 atom stereocenters. The average molecular weight is 386 g/mol. The maximum atomic E-state index is 13.2. The Morgan fingerprint density at radius 3 is 2.55 bits per heavy atom. The van der Waals surface area contributed by atoms with Gasteiger partial charge in [-0.25, -0.2) is 4.98 Å². The molecular weight excluding hydrogens is 368 g/mol. The second-order valence-electron chi connectivity index (χ2n) is 6.23. The van der Waals surface area contributed by atoms with Crippen molar-refractivity contribution >= 4 is 28.5 Å². The fourth-order valence-corrected chi connectivity index (χ4v) is 2.97. The number of rotatable bonds is 6. The number of aromatic nitrogens is 2. The van der Waals surface area contributed by atoms with Crippen LogP contribution in [0.25, 0.3) is 22.7 Å². The molecule has 2 heterocycles. The molecule has 144 valence electrons. The Bertz CT molecular complexity index is 1160. The van der Waals surface area contributed by atoms with Crippen molar-refractivity contribution in [1.29, 1.82) is 0 Å². The van der Waals surface area contributed by atoms with Crippen LogP contribution in [0.4, 0.5) is 0 Å². The zero-order chi connectivity index (χ0) is 20.2. The first-order chi connectivity index (χ1) is 14.2. The third kappa shape index (κ3) is 3.73. The van der Waals surface area contributed by atoms with Crippen LogP contribution in [-0.2, 0) is 0 Å². The van der Waals surface area contributed by atoms with E-state index in [0.717, 1.165) is 5.56 Å². The average Bonchev–Trinajstić information content (AvgIpc) is 3.21. The predicted octanol–water partition coefficient (Wildman–Crippen LogP) is 4.66. The predicted molar refractivity (Wildman–Crippen MR) is 110 cm³/mol. The summed E-state index contributed by atoms with van der Waals surface area (Å²) in [6.07, 6.45) is 4.86. The number of fused-ring (bicyclic) bond motifs is 1. The molecule has 0 spiro atoms. The minimum atomic E-state index is -0.237. The number of hydrogen-bond donors (Lipinski definition) is 0. The van der Waals surface area contributed by atoms with E-state index >= 15 is 0 Å². The Labute approximate surface area is 167 Å². The van der Waals surface area contributed by atoms with Crippen molar-refractivity contribution in [3.05, 3.63) is 84.0 Å². The van der Waals surface area contributed by atoms with Gasteiger partial charge in [0, 0.05) is 18.0 Å². The van der Waals surface area contributed by atoms with E-state index in [-0.39, 0.29) is 11.7 Å². The Morgan fingerprint density at radius 2 is 1.83 bits per heavy atom. The number of oxazole rings is 1. The first-order valence-electron chi connectivity index (χ1n) is 8.94. The quantitative estimate of drug-likeness (QED) is 0.354. The number of Topliss-reactive ketones (excluding diaryl/α,β-unsaturated/α-hetero) is 1. The molecule has 0 saturated carbocycles. The van der Waals surface area contributed by atoms with E-state index in [4.69, 9.17) is 13.9 Å². The SMILES string of the molecule is COc1ccc(/C=C(/C(=O)c2cccnc2)c2nc3ccccc3o2)cc1OC. The van der Waals surface area contributed by atoms with E-state index in [1.165, 1.54) is 6.20 Å². The summed E-state index contributed by atoms with van der Waals surface area (Å²) in [5.74, 6) is 1.17. The van der Waals surface area contributed by atoms with Crippen LogP contribution in [0.3, 0.4) is 0 Å². The van der Waals surface area contributed by atoms with Gasteiger partial charge in [0.15, 0.2) is 22.9 Å². The van der Waals surface area contributed by atoms with Gasteiger partial charge >= 0.3 is 0 Å². The van der Waals surface area contributed by atoms with Gasteiger partial charge in [0.05, 0.1) is 19.8 Å². The summed E-state index contributed by atoms with van der Waals surface area (Å²) in [5.41, 5.74) is 2.81. The lowest BCUT2D eigenvalue weighted by Gasteiger charge is -2.09. The van der Waals surface area contributed by atoms with E-state index in [1.54, 1.807) is 50.8 Å². The lowest BCUT2D eigenvalue weighted by molar-refractivity contribution is 0.105. The van der Waals surface area contributed by atoms with Gasteiger partial charge in [0.25, 0.3) is 0 Å². The third-order valence-corrected chi connectivity index (χ3v) is 4.41. The lowest BCUT2D eigenvalue weighted by Crippen LogP contribution is -2.03. The molecule has 6 nitrogen and oxygen atoms in total. The maximum absolute atomic E-state index is 13.2. The van der Waals surface area contributed by atoms with E-state index in [9.17, 15) is 4.79 Å². The van der Waals surface area contributed by atoms with Crippen LogP contribution in [0.5, 0.6) is 11.5 Å². The van der Waals surface area contributed by atoms with Crippen molar-refractivity contribution in [3.63, 3.8) is 0 Å². The summed E-state index contributed by atoms with van der Waals surface area (Å²) in [6, 6.07) is 16.2. The highest BCUT2D eigenvalue weighted by Crippen LogP contribution is 2.31. The smallest absolute Gasteiger partial charge is 0.231 e. The van der Waals surface area contributed by atoms with Gasteiger partial charge in [-0.05, 0) is 48.0 Å². The van der Waals surface area contributed by atoms with Gasteiger partial charge in [-0.1, -0.05) is 18.2 Å². The number of carbonyl (C=O) groups is 1. The van der Waals surface area contributed by atoms with Crippen molar-refractivity contribution in [3.8, 4) is 11.5 Å². The minimum absolute atomic E-state index is 0.237. The zero-order valence-electron chi connectivity index (χ0n) is 16.0. The van der Waals surface area contributed by atoms with Crippen LogP contribution < -0.4 is 9.47 Å². The number of benzene rings is 2. The second kappa shape index (κ2) is 7.98. The summed E-state index contributed by atoms with van der Waals surface area (Å²) in [4.78, 5) is 21.8. The van der Waals surface area contributed by atoms with Crippen LogP contribution >= 0.6 is 0 Å². The summed E-state index contributed by atoms with van der Waals surface area (Å²) in [6.45, 7) is 0. The van der Waals surface area contributed by atoms with E-state index in [2.05, 4.69) is 9.97 Å². The highest BCUT2D eigenvalue weighted by Gasteiger charge is 2.20. The Morgan fingerprint density at radius 1 is 1.00 bits per heavy atom. The molecule has 4 rings (SSSR count). The van der Waals surface area contributed by atoms with Crippen LogP contribution in [0, 0.1) is 0 Å². The summed E-state index contributed by atoms with van der Waals surface area (Å²) in [7, 11) is 3.14. The minimum Gasteiger partial charge on any atom is -0.493 e. The second-order valence-corrected chi connectivity index (χ2v) is 6.23. The molecular formula is C23H18N2O4. The standard InChI is InChI=1S/C23H18N2O4/c1-27-20-10-9-15(13-21(20)28-2)12-17(22(26)16-6-5-11-24-14-16)23-25-18-7-3-4-8-19(18)29-23/h3-14H,1-2H3/b17-12-. The molecule has 4 aromatic rings. The first-order valence-corrected chi connectivity index (χ1v) is 8.94. The molecule has 0 fully saturated rings. The topological polar surface area (TPSA) is 74.5 Å². The van der Waals surface area contributed by atoms with Crippen molar-refractivity contribution in [2.45, 2.75) is 0 Å². The van der Waals surface area contributed by atoms with Gasteiger partial charge in [-0.3, -0.25) is 9.78 Å². The number of pyridine rings is 1. The molecule has 0 aliphatic heterocycles. The molecule has 29 heavy (non-hydrogen) atoms. The van der Waals surface area contributed by atoms with Gasteiger partial charge in [0.2, 0.25) is 5.89 Å². The number of methoxy groups -OCH3 is 2. The van der Waals surface area contributed by atoms with E-state index in [1.807, 2.05) is 30.3 Å². The number of allylic oxidation sites excluding steroid dienone is 1. The van der Waals surface area contributed by atoms with E-state index in [0.29, 0.717) is 33.7 Å². The molecule has 2 aromatic heterocycles. The number of nitrogens with zero attached hydrogens (tertiary/aromatic N) is 2. The first kappa shape index (κ1) is 18.4. The molecule has 0 amide bonds. The summed E-state index contributed by atoms with van der Waals surface area (Å²) >= 11 is 0. The normalized spacial score (nSPS) is 11.4. The molecule has 0 aliphatic carbocycles. The largest absolute Gasteiger partial charge is 0.493 e. The highest BCUT2D eigenvalue weighted by atomic mass is 16.5. The number of hydrogen-bond acceptors (Lipinski definition) is 6. The monoisotopic (exact) mass is 386 g/mol. The zero-order valence-corrected chi connectivity index (χ0v) is 16.0. The summed E-state index contributed by atoms with van der Waals surface area (Å²) in [5, 5.41) is 0. The van der Waals surface area contributed by atoms with Crippen molar-refractivity contribution in [2.24, 2.45) is 0 Å². The van der Waals surface area contributed by atoms with Crippen molar-refractivity contribution in [1.82, 2.24) is 9.97 Å². The summed E-state index contributed by atoms with van der Waals surface area (Å²) < 4.78 is 16.5. The van der Waals surface area contributed by atoms with Crippen LogP contribution in [0.15, 0.2) is 71.4 Å². The number of para-hydroxylation sites is 2. The molecule has 0 aliphatic rings. The number of ether oxygens (including phenoxy) is 2. The van der Waals surface area contributed by atoms with Crippen LogP contribution in [0.1, 0.15) is 21.8 Å². The third-order valence-electron chi connectivity index (χ3n) is 4.41. The number of carbonyl (C=O) groups excluding carboxylic acids is 1. The molecule has 0 bridgehead atoms. The van der Waals surface area contributed by atoms with Crippen molar-refractivity contribution in [2.75, 3.05) is 14.2 Å². The van der Waals surface area contributed by atoms with Crippen LogP contribution in [0.2, 0.25) is 0 Å². The number of ketones is 1. The van der Waals surface area contributed by atoms with Gasteiger partial charge < -0.3 is 13.9 Å².